The molecule has 1 fully saturated rings. The molecular weight excluding hydrogens is 459 g/mol. The molecule has 8 nitrogen and oxygen atoms in total. The molecule has 2 aliphatic rings. The first-order chi connectivity index (χ1) is 16.9. The number of hydrogen-bond acceptors (Lipinski definition) is 6. The molecule has 1 saturated carbocycles. The van der Waals surface area contributed by atoms with Crippen LogP contribution in [0.1, 0.15) is 49.2 Å². The Labute approximate surface area is 198 Å². The highest BCUT2D eigenvalue weighted by atomic mass is 19.3. The maximum absolute atomic E-state index is 14.3. The molecule has 2 N–H and O–H groups in total. The molecule has 1 aromatic carbocycles. The minimum Gasteiger partial charge on any atom is -0.482 e. The van der Waals surface area contributed by atoms with Crippen LogP contribution in [0.25, 0.3) is 22.5 Å². The average Bonchev–Trinajstić information content (AvgIpc) is 3.41. The van der Waals surface area contributed by atoms with Crippen molar-refractivity contribution in [2.75, 3.05) is 5.73 Å². The number of hydrogen-bond donors (Lipinski definition) is 1. The van der Waals surface area contributed by atoms with Gasteiger partial charge < -0.3 is 10.5 Å². The number of nitrogens with two attached hydrogens (primary N) is 1. The van der Waals surface area contributed by atoms with Gasteiger partial charge in [0.2, 0.25) is 0 Å². The SMILES string of the molecule is C[C@H]1Oc2cc(cnc2N)-c2c(cnn2CC2CC2)Cc2nn(C(F)F)nc2-c2ccc(F)cc21. The topological polar surface area (TPSA) is 96.7 Å². The summed E-state index contributed by atoms with van der Waals surface area (Å²) in [4.78, 5) is 4.71. The molecule has 2 bridgehead atoms. The lowest BCUT2D eigenvalue weighted by Gasteiger charge is -2.20. The first-order valence-electron chi connectivity index (χ1n) is 11.4. The summed E-state index contributed by atoms with van der Waals surface area (Å²) in [7, 11) is 0. The van der Waals surface area contributed by atoms with Gasteiger partial charge in [0, 0.05) is 41.4 Å². The summed E-state index contributed by atoms with van der Waals surface area (Å²) in [6.45, 7) is -0.451. The number of aromatic nitrogens is 6. The van der Waals surface area contributed by atoms with Crippen molar-refractivity contribution in [3.05, 3.63) is 59.3 Å². The van der Waals surface area contributed by atoms with Crippen LogP contribution in [0.4, 0.5) is 19.0 Å². The molecule has 0 spiro atoms. The molecule has 0 amide bonds. The average molecular weight is 481 g/mol. The van der Waals surface area contributed by atoms with Gasteiger partial charge in [0.25, 0.3) is 0 Å². The smallest absolute Gasteiger partial charge is 0.348 e. The van der Waals surface area contributed by atoms with Gasteiger partial charge in [0.05, 0.1) is 17.6 Å². The predicted molar refractivity (Wildman–Crippen MR) is 121 cm³/mol. The first kappa shape index (κ1) is 21.6. The molecule has 180 valence electrons. The zero-order valence-electron chi connectivity index (χ0n) is 18.8. The molecule has 6 rings (SSSR count). The van der Waals surface area contributed by atoms with Gasteiger partial charge in [-0.05, 0) is 49.9 Å². The summed E-state index contributed by atoms with van der Waals surface area (Å²) in [6, 6.07) is 5.87. The minimum absolute atomic E-state index is 0.190. The van der Waals surface area contributed by atoms with E-state index in [1.165, 1.54) is 18.2 Å². The second-order valence-corrected chi connectivity index (χ2v) is 9.01. The summed E-state index contributed by atoms with van der Waals surface area (Å²) in [5, 5.41) is 12.8. The molecule has 11 heteroatoms. The number of nitrogens with zero attached hydrogens (tertiary/aromatic N) is 6. The molecule has 0 saturated heterocycles. The Morgan fingerprint density at radius 1 is 1.17 bits per heavy atom. The fourth-order valence-corrected chi connectivity index (χ4v) is 4.54. The van der Waals surface area contributed by atoms with Crippen molar-refractivity contribution in [3.63, 3.8) is 0 Å². The van der Waals surface area contributed by atoms with E-state index in [1.807, 2.05) is 4.68 Å². The number of pyridine rings is 1. The predicted octanol–water partition coefficient (Wildman–Crippen LogP) is 4.77. The number of anilines is 1. The Kier molecular flexibility index (Phi) is 5.01. The zero-order valence-corrected chi connectivity index (χ0v) is 18.8. The van der Waals surface area contributed by atoms with E-state index in [0.29, 0.717) is 33.3 Å². The Hall–Kier alpha value is -3.89. The van der Waals surface area contributed by atoms with Gasteiger partial charge in [0.15, 0.2) is 11.6 Å². The highest BCUT2D eigenvalue weighted by molar-refractivity contribution is 5.71. The lowest BCUT2D eigenvalue weighted by molar-refractivity contribution is 0.0412. The summed E-state index contributed by atoms with van der Waals surface area (Å²) >= 11 is 0. The van der Waals surface area contributed by atoms with E-state index in [4.69, 9.17) is 10.5 Å². The largest absolute Gasteiger partial charge is 0.482 e. The molecule has 1 aliphatic heterocycles. The van der Waals surface area contributed by atoms with Crippen LogP contribution in [-0.2, 0) is 13.0 Å². The summed E-state index contributed by atoms with van der Waals surface area (Å²) < 4.78 is 49.6. The summed E-state index contributed by atoms with van der Waals surface area (Å²) in [6.07, 6.45) is 5.17. The van der Waals surface area contributed by atoms with Gasteiger partial charge in [-0.15, -0.1) is 9.90 Å². The second kappa shape index (κ2) is 8.10. The Bertz CT molecular complexity index is 1430. The monoisotopic (exact) mass is 481 g/mol. The van der Waals surface area contributed by atoms with E-state index in [0.717, 1.165) is 36.2 Å². The maximum atomic E-state index is 14.3. The van der Waals surface area contributed by atoms with Crippen molar-refractivity contribution < 1.29 is 17.9 Å². The van der Waals surface area contributed by atoms with Crippen LogP contribution in [-0.4, -0.2) is 29.8 Å². The van der Waals surface area contributed by atoms with Crippen LogP contribution in [0, 0.1) is 11.7 Å². The van der Waals surface area contributed by atoms with Crippen molar-refractivity contribution in [1.82, 2.24) is 29.8 Å². The second-order valence-electron chi connectivity index (χ2n) is 9.01. The zero-order chi connectivity index (χ0) is 24.3. The highest BCUT2D eigenvalue weighted by Gasteiger charge is 2.28. The highest BCUT2D eigenvalue weighted by Crippen LogP contribution is 2.39. The Balaban J connectivity index is 1.60. The number of rotatable bonds is 3. The number of benzene rings is 1. The van der Waals surface area contributed by atoms with Crippen LogP contribution in [0.5, 0.6) is 5.75 Å². The van der Waals surface area contributed by atoms with Gasteiger partial charge in [0.1, 0.15) is 17.6 Å². The number of alkyl halides is 2. The lowest BCUT2D eigenvalue weighted by Crippen LogP contribution is -2.10. The molecular formula is C24H22F3N7O. The minimum atomic E-state index is -2.92. The van der Waals surface area contributed by atoms with Gasteiger partial charge in [-0.25, -0.2) is 9.37 Å². The van der Waals surface area contributed by atoms with Gasteiger partial charge >= 0.3 is 6.55 Å². The summed E-state index contributed by atoms with van der Waals surface area (Å²) in [5.74, 6) is 0.592. The third kappa shape index (κ3) is 3.90. The Morgan fingerprint density at radius 2 is 2.00 bits per heavy atom. The van der Waals surface area contributed by atoms with Crippen molar-refractivity contribution in [1.29, 1.82) is 0 Å². The van der Waals surface area contributed by atoms with Crippen LogP contribution in [0.15, 0.2) is 36.7 Å². The van der Waals surface area contributed by atoms with E-state index in [9.17, 15) is 13.2 Å². The van der Waals surface area contributed by atoms with E-state index < -0.39 is 18.5 Å². The molecule has 1 aliphatic carbocycles. The van der Waals surface area contributed by atoms with E-state index in [2.05, 4.69) is 20.3 Å². The van der Waals surface area contributed by atoms with Crippen LogP contribution >= 0.6 is 0 Å². The van der Waals surface area contributed by atoms with Crippen molar-refractivity contribution >= 4 is 5.82 Å². The molecule has 3 aromatic heterocycles. The molecule has 4 aromatic rings. The van der Waals surface area contributed by atoms with Crippen molar-refractivity contribution in [3.8, 4) is 28.3 Å². The molecule has 4 heterocycles. The van der Waals surface area contributed by atoms with Crippen LogP contribution in [0.2, 0.25) is 0 Å². The lowest BCUT2D eigenvalue weighted by atomic mass is 9.96. The fourth-order valence-electron chi connectivity index (χ4n) is 4.54. The van der Waals surface area contributed by atoms with Gasteiger partial charge in [-0.1, -0.05) is 0 Å². The van der Waals surface area contributed by atoms with E-state index in [-0.39, 0.29) is 17.9 Å². The summed E-state index contributed by atoms with van der Waals surface area (Å²) in [5.41, 5.74) is 9.91. The van der Waals surface area contributed by atoms with Gasteiger partial charge in [-0.3, -0.25) is 4.68 Å². The van der Waals surface area contributed by atoms with Crippen molar-refractivity contribution in [2.45, 2.75) is 45.4 Å². The first-order valence-corrected chi connectivity index (χ1v) is 11.4. The van der Waals surface area contributed by atoms with Crippen molar-refractivity contribution in [2.24, 2.45) is 5.92 Å². The third-order valence-electron chi connectivity index (χ3n) is 6.44. The molecule has 0 radical (unpaired) electrons. The van der Waals surface area contributed by atoms with Crippen LogP contribution in [0.3, 0.4) is 0 Å². The number of fused-ring (bicyclic) bond motifs is 7. The standard InChI is InChI=1S/C24H22F3N7O/c1-12-18-8-16(25)4-5-17(18)21-19(31-34(32-21)24(26)27)6-14-10-30-33(11-13-2-3-13)22(14)15-7-20(35-12)23(28)29-9-15/h4-5,7-10,12-13,24H,2-3,6,11H2,1H3,(H2,28,29)/t12-/m1/s1. The number of nitrogen functional groups attached to an aromatic ring is 1. The third-order valence-corrected chi connectivity index (χ3v) is 6.44. The van der Waals surface area contributed by atoms with E-state index >= 15 is 0 Å². The quantitative estimate of drug-likeness (QED) is 0.453. The maximum Gasteiger partial charge on any atom is 0.348 e. The molecule has 1 atom stereocenters. The molecule has 0 unspecified atom stereocenters. The van der Waals surface area contributed by atoms with Crippen LogP contribution < -0.4 is 10.5 Å². The Morgan fingerprint density at radius 3 is 2.77 bits per heavy atom. The fraction of sp³-hybridized carbons (Fsp3) is 0.333. The normalized spacial score (nSPS) is 17.1. The number of halogens is 3. The number of ether oxygens (including phenoxy) is 1. The van der Waals surface area contributed by atoms with E-state index in [1.54, 1.807) is 25.4 Å². The van der Waals surface area contributed by atoms with Gasteiger partial charge in [-0.2, -0.15) is 19.0 Å². The molecule has 35 heavy (non-hydrogen) atoms.